The summed E-state index contributed by atoms with van der Waals surface area (Å²) in [6.07, 6.45) is 6.59. The summed E-state index contributed by atoms with van der Waals surface area (Å²) < 4.78 is 8.35. The number of aromatic nitrogens is 4. The van der Waals surface area contributed by atoms with Crippen LogP contribution in [-0.4, -0.2) is 45.1 Å². The molecule has 1 fully saturated rings. The molecule has 3 heterocycles. The molecule has 1 aliphatic heterocycles. The average Bonchev–Trinajstić information content (AvgIpc) is 2.99. The standard InChI is InChI=1S/C14H18N6S/c1-19(14-7-15-21-18-14)11-8-20(9-11)13-6-10-4-2-3-5-12(10)16-17-13/h6-7,11H,2-5,8-9H2,1H3. The molecule has 2 aromatic heterocycles. The largest absolute Gasteiger partial charge is 0.351 e. The SMILES string of the molecule is CN(c1cnsn1)C1CN(c2cc3c(nn2)CCCC3)C1. The Labute approximate surface area is 128 Å². The summed E-state index contributed by atoms with van der Waals surface area (Å²) in [5.74, 6) is 1.98. The zero-order chi connectivity index (χ0) is 14.2. The molecule has 0 N–H and O–H groups in total. The van der Waals surface area contributed by atoms with Crippen LogP contribution in [0.2, 0.25) is 0 Å². The second-order valence-electron chi connectivity index (χ2n) is 5.82. The Balaban J connectivity index is 1.43. The molecule has 2 aliphatic rings. The molecular weight excluding hydrogens is 284 g/mol. The quantitative estimate of drug-likeness (QED) is 0.857. The number of aryl methyl sites for hydroxylation is 2. The predicted molar refractivity (Wildman–Crippen MR) is 83.0 cm³/mol. The normalized spacial score (nSPS) is 18.2. The highest BCUT2D eigenvalue weighted by atomic mass is 32.1. The Morgan fingerprint density at radius 2 is 2.10 bits per heavy atom. The Bertz CT molecular complexity index is 622. The molecule has 0 radical (unpaired) electrons. The van der Waals surface area contributed by atoms with Crippen LogP contribution in [0.3, 0.4) is 0 Å². The summed E-state index contributed by atoms with van der Waals surface area (Å²) >= 11 is 1.25. The third-order valence-electron chi connectivity index (χ3n) is 4.50. The van der Waals surface area contributed by atoms with Gasteiger partial charge in [-0.3, -0.25) is 0 Å². The molecule has 2 aromatic rings. The molecule has 0 spiro atoms. The number of hydrogen-bond acceptors (Lipinski definition) is 7. The van der Waals surface area contributed by atoms with Gasteiger partial charge in [-0.25, -0.2) is 0 Å². The topological polar surface area (TPSA) is 58.0 Å². The molecule has 0 bridgehead atoms. The molecule has 0 atom stereocenters. The third kappa shape index (κ3) is 2.35. The van der Waals surface area contributed by atoms with Gasteiger partial charge in [-0.1, -0.05) is 0 Å². The first kappa shape index (κ1) is 12.9. The summed E-state index contributed by atoms with van der Waals surface area (Å²) in [7, 11) is 2.08. The van der Waals surface area contributed by atoms with E-state index in [1.54, 1.807) is 0 Å². The zero-order valence-corrected chi connectivity index (χ0v) is 12.9. The van der Waals surface area contributed by atoms with Gasteiger partial charge in [-0.15, -0.1) is 5.10 Å². The first-order valence-electron chi connectivity index (χ1n) is 7.42. The van der Waals surface area contributed by atoms with Crippen LogP contribution in [0, 0.1) is 0 Å². The van der Waals surface area contributed by atoms with Crippen molar-refractivity contribution < 1.29 is 0 Å². The van der Waals surface area contributed by atoms with E-state index in [1.165, 1.54) is 35.8 Å². The fourth-order valence-electron chi connectivity index (χ4n) is 3.02. The molecule has 0 aromatic carbocycles. The fourth-order valence-corrected chi connectivity index (χ4v) is 3.47. The highest BCUT2D eigenvalue weighted by Crippen LogP contribution is 2.27. The van der Waals surface area contributed by atoms with Crippen LogP contribution in [0.25, 0.3) is 0 Å². The molecule has 6 nitrogen and oxygen atoms in total. The lowest BCUT2D eigenvalue weighted by Gasteiger charge is -2.44. The van der Waals surface area contributed by atoms with Gasteiger partial charge in [0.15, 0.2) is 11.6 Å². The van der Waals surface area contributed by atoms with Gasteiger partial charge in [-0.05, 0) is 37.3 Å². The summed E-state index contributed by atoms with van der Waals surface area (Å²) in [4.78, 5) is 4.49. The molecule has 110 valence electrons. The van der Waals surface area contributed by atoms with Crippen molar-refractivity contribution in [2.75, 3.05) is 29.9 Å². The number of anilines is 2. The second kappa shape index (κ2) is 5.22. The molecule has 21 heavy (non-hydrogen) atoms. The van der Waals surface area contributed by atoms with Crippen LogP contribution in [0.4, 0.5) is 11.6 Å². The molecule has 7 heteroatoms. The highest BCUT2D eigenvalue weighted by Gasteiger charge is 2.32. The number of likely N-dealkylation sites (N-methyl/N-ethyl adjacent to an activating group) is 1. The van der Waals surface area contributed by atoms with Crippen molar-refractivity contribution in [3.63, 3.8) is 0 Å². The van der Waals surface area contributed by atoms with Crippen molar-refractivity contribution >= 4 is 23.4 Å². The number of hydrogen-bond donors (Lipinski definition) is 0. The zero-order valence-electron chi connectivity index (χ0n) is 12.1. The van der Waals surface area contributed by atoms with Gasteiger partial charge in [-0.2, -0.15) is 13.8 Å². The summed E-state index contributed by atoms with van der Waals surface area (Å²) in [5, 5.41) is 8.82. The lowest BCUT2D eigenvalue weighted by Crippen LogP contribution is -2.59. The van der Waals surface area contributed by atoms with E-state index in [9.17, 15) is 0 Å². The molecule has 1 aliphatic carbocycles. The van der Waals surface area contributed by atoms with E-state index >= 15 is 0 Å². The smallest absolute Gasteiger partial charge is 0.162 e. The number of nitrogens with zero attached hydrogens (tertiary/aromatic N) is 6. The number of rotatable bonds is 3. The predicted octanol–water partition coefficient (Wildman–Crippen LogP) is 1.53. The van der Waals surface area contributed by atoms with Gasteiger partial charge in [0.2, 0.25) is 0 Å². The Kier molecular flexibility index (Phi) is 3.21. The minimum Gasteiger partial charge on any atom is -0.351 e. The van der Waals surface area contributed by atoms with Crippen LogP contribution in [0.5, 0.6) is 0 Å². The van der Waals surface area contributed by atoms with Crippen molar-refractivity contribution in [2.45, 2.75) is 31.7 Å². The first-order chi connectivity index (χ1) is 10.3. The van der Waals surface area contributed by atoms with Crippen molar-refractivity contribution in [1.82, 2.24) is 18.9 Å². The van der Waals surface area contributed by atoms with E-state index in [2.05, 4.69) is 41.9 Å². The maximum absolute atomic E-state index is 4.42. The summed E-state index contributed by atoms with van der Waals surface area (Å²) in [6, 6.07) is 2.72. The van der Waals surface area contributed by atoms with Crippen LogP contribution in [0.1, 0.15) is 24.1 Å². The monoisotopic (exact) mass is 302 g/mol. The van der Waals surface area contributed by atoms with Gasteiger partial charge in [0.25, 0.3) is 0 Å². The van der Waals surface area contributed by atoms with Crippen molar-refractivity contribution in [3.8, 4) is 0 Å². The van der Waals surface area contributed by atoms with Crippen molar-refractivity contribution in [3.05, 3.63) is 23.5 Å². The third-order valence-corrected chi connectivity index (χ3v) is 4.97. The van der Waals surface area contributed by atoms with E-state index in [-0.39, 0.29) is 0 Å². The number of fused-ring (bicyclic) bond motifs is 1. The van der Waals surface area contributed by atoms with Gasteiger partial charge in [0.05, 0.1) is 29.7 Å². The maximum atomic E-state index is 4.42. The van der Waals surface area contributed by atoms with Gasteiger partial charge in [0, 0.05) is 20.1 Å². The van der Waals surface area contributed by atoms with E-state index in [0.717, 1.165) is 37.6 Å². The molecule has 0 saturated carbocycles. The first-order valence-corrected chi connectivity index (χ1v) is 8.15. The summed E-state index contributed by atoms with van der Waals surface area (Å²) in [6.45, 7) is 1.95. The van der Waals surface area contributed by atoms with Crippen molar-refractivity contribution in [2.24, 2.45) is 0 Å². The van der Waals surface area contributed by atoms with E-state index in [4.69, 9.17) is 0 Å². The Morgan fingerprint density at radius 3 is 2.90 bits per heavy atom. The lowest BCUT2D eigenvalue weighted by atomic mass is 9.96. The minimum absolute atomic E-state index is 0.478. The fraction of sp³-hybridized carbons (Fsp3) is 0.571. The minimum atomic E-state index is 0.478. The average molecular weight is 302 g/mol. The Hall–Kier alpha value is -1.76. The molecule has 4 rings (SSSR count). The highest BCUT2D eigenvalue weighted by molar-refractivity contribution is 6.99. The van der Waals surface area contributed by atoms with E-state index in [0.29, 0.717) is 6.04 Å². The lowest BCUT2D eigenvalue weighted by molar-refractivity contribution is 0.487. The van der Waals surface area contributed by atoms with Gasteiger partial charge < -0.3 is 9.80 Å². The Morgan fingerprint density at radius 1 is 1.24 bits per heavy atom. The van der Waals surface area contributed by atoms with Crippen LogP contribution in [-0.2, 0) is 12.8 Å². The van der Waals surface area contributed by atoms with Crippen molar-refractivity contribution in [1.29, 1.82) is 0 Å². The molecule has 0 amide bonds. The second-order valence-corrected chi connectivity index (χ2v) is 6.37. The molecule has 0 unspecified atom stereocenters. The molecule has 1 saturated heterocycles. The van der Waals surface area contributed by atoms with E-state index in [1.807, 2.05) is 6.20 Å². The maximum Gasteiger partial charge on any atom is 0.162 e. The van der Waals surface area contributed by atoms with Gasteiger partial charge in [0.1, 0.15) is 0 Å². The van der Waals surface area contributed by atoms with Gasteiger partial charge >= 0.3 is 0 Å². The van der Waals surface area contributed by atoms with E-state index < -0.39 is 0 Å². The molecular formula is C14H18N6S. The van der Waals surface area contributed by atoms with Crippen LogP contribution in [0.15, 0.2) is 12.3 Å². The summed E-state index contributed by atoms with van der Waals surface area (Å²) in [5.41, 5.74) is 2.60. The van der Waals surface area contributed by atoms with Crippen LogP contribution < -0.4 is 9.80 Å². The van der Waals surface area contributed by atoms with Crippen LogP contribution >= 0.6 is 11.7 Å².